The van der Waals surface area contributed by atoms with Gasteiger partial charge in [-0.1, -0.05) is 68.6 Å². The van der Waals surface area contributed by atoms with Gasteiger partial charge in [-0.15, -0.1) is 0 Å². The first kappa shape index (κ1) is 52.0. The maximum Gasteiger partial charge on any atom is 0.269 e. The summed E-state index contributed by atoms with van der Waals surface area (Å²) in [5, 5.41) is 28.9. The molecule has 2 aliphatic rings. The van der Waals surface area contributed by atoms with Gasteiger partial charge < -0.3 is 35.3 Å². The van der Waals surface area contributed by atoms with E-state index < -0.39 is 39.9 Å². The first-order chi connectivity index (χ1) is 32.7. The molecule has 1 aromatic carbocycles. The van der Waals surface area contributed by atoms with Gasteiger partial charge in [0, 0.05) is 60.9 Å². The summed E-state index contributed by atoms with van der Waals surface area (Å²) in [6.45, 7) is 9.86. The second-order valence-corrected chi connectivity index (χ2v) is 18.3. The number of aliphatic hydroxyl groups is 2. The molecular formula is C47H56Cl2F2N10O6S. The number of aromatic nitrogens is 8. The van der Waals surface area contributed by atoms with Crippen LogP contribution in [0.15, 0.2) is 78.5 Å². The van der Waals surface area contributed by atoms with Gasteiger partial charge in [0.15, 0.2) is 40.6 Å². The number of aromatic amines is 1. The average molecular weight is 998 g/mol. The lowest BCUT2D eigenvalue weighted by atomic mass is 9.90. The van der Waals surface area contributed by atoms with Crippen molar-refractivity contribution in [3.63, 3.8) is 0 Å². The maximum atomic E-state index is 14.7. The molecule has 6 atom stereocenters. The highest BCUT2D eigenvalue weighted by Gasteiger charge is 2.34. The molecule has 0 aliphatic heterocycles. The van der Waals surface area contributed by atoms with Crippen LogP contribution in [0.5, 0.6) is 0 Å². The highest BCUT2D eigenvalue weighted by Crippen LogP contribution is 2.34. The average Bonchev–Trinajstić information content (AvgIpc) is 3.95. The number of fused-ring (bicyclic) bond motifs is 2. The van der Waals surface area contributed by atoms with Crippen LogP contribution < -0.4 is 10.6 Å². The second-order valence-electron chi connectivity index (χ2n) is 15.6. The summed E-state index contributed by atoms with van der Waals surface area (Å²) in [6.07, 6.45) is 10.3. The molecule has 2 aliphatic carbocycles. The fourth-order valence-electron chi connectivity index (χ4n) is 8.06. The number of hydrogen-bond donors (Lipinski definition) is 5. The molecule has 0 amide bonds. The number of hydrogen-bond acceptors (Lipinski definition) is 14. The first-order valence-electron chi connectivity index (χ1n) is 22.4. The van der Waals surface area contributed by atoms with E-state index in [2.05, 4.69) is 45.5 Å². The largest absolute Gasteiger partial charge is 0.388 e. The van der Waals surface area contributed by atoms with Crippen molar-refractivity contribution in [2.24, 2.45) is 0 Å². The van der Waals surface area contributed by atoms with Gasteiger partial charge in [0.25, 0.3) is 10.0 Å². The van der Waals surface area contributed by atoms with Crippen molar-refractivity contribution < 1.29 is 36.9 Å². The van der Waals surface area contributed by atoms with E-state index in [1.54, 1.807) is 43.8 Å². The minimum atomic E-state index is -4.02. The standard InChI is InChI=1S/C25H25ClFN5O4S.C18H19ClFN5O2.2C2H6/c1-14-6-8-16(9-7-14)37(34,35)32-13-18(17-10-15(26)11-29-25(17)32)23-28-12-19(27)24(31-23)30-20-4-3-5-21(36-2)22(20)33;1-27-14-4-2-3-13(15(14)26)24-18-12(20)8-23-17(25-18)11-7-22-16-10(11)5-9(19)6-21-16;2*1-2/h6-13,20-22,33H,3-5H2,1-2H3,(H,28,30,31);5-8,13-15,26H,2-4H2,1H3,(H,21,22)(H,23,24,25);2*1-2H3/t20?,21-,22-;13?,14-,15-;;/m11../s1. The number of nitrogens with one attached hydrogen (secondary N) is 3. The van der Waals surface area contributed by atoms with Crippen LogP contribution in [0.3, 0.4) is 0 Å². The van der Waals surface area contributed by atoms with Gasteiger partial charge in [0.1, 0.15) is 17.9 Å². The Balaban J connectivity index is 0.000000217. The smallest absolute Gasteiger partial charge is 0.269 e. The molecular weight excluding hydrogens is 942 g/mol. The number of anilines is 2. The van der Waals surface area contributed by atoms with Crippen LogP contribution in [0.1, 0.15) is 71.8 Å². The summed E-state index contributed by atoms with van der Waals surface area (Å²) in [6, 6.07) is 8.95. The third-order valence-corrected chi connectivity index (χ3v) is 13.5. The molecule has 7 aromatic rings. The molecule has 2 fully saturated rings. The Labute approximate surface area is 404 Å². The molecule has 2 saturated carbocycles. The Morgan fingerprint density at radius 3 is 1.75 bits per heavy atom. The van der Waals surface area contributed by atoms with Gasteiger partial charge in [0.2, 0.25) is 0 Å². The molecule has 21 heteroatoms. The minimum absolute atomic E-state index is 0.0464. The normalized spacial score (nSPS) is 20.3. The summed E-state index contributed by atoms with van der Waals surface area (Å²) in [5.74, 6) is -0.940. The lowest BCUT2D eigenvalue weighted by Crippen LogP contribution is -2.46. The van der Waals surface area contributed by atoms with E-state index in [-0.39, 0.29) is 51.3 Å². The van der Waals surface area contributed by atoms with Crippen LogP contribution in [-0.2, 0) is 19.5 Å². The van der Waals surface area contributed by atoms with Gasteiger partial charge in [0.05, 0.1) is 51.6 Å². The number of ether oxygens (including phenoxy) is 2. The zero-order valence-corrected chi connectivity index (χ0v) is 41.0. The minimum Gasteiger partial charge on any atom is -0.388 e. The Bertz CT molecular complexity index is 2910. The topological polar surface area (TPSA) is 215 Å². The quantitative estimate of drug-likeness (QED) is 0.0864. The molecule has 5 N–H and O–H groups in total. The number of nitrogens with zero attached hydrogens (tertiary/aromatic N) is 7. The fourth-order valence-corrected chi connectivity index (χ4v) is 9.70. The monoisotopic (exact) mass is 996 g/mol. The Kier molecular flexibility index (Phi) is 17.8. The molecule has 0 spiro atoms. The van der Waals surface area contributed by atoms with E-state index in [9.17, 15) is 27.4 Å². The van der Waals surface area contributed by atoms with Crippen LogP contribution in [0.25, 0.3) is 44.8 Å². The number of rotatable bonds is 10. The Morgan fingerprint density at radius 2 is 1.22 bits per heavy atom. The van der Waals surface area contributed by atoms with Gasteiger partial charge in [-0.05, 0) is 69.7 Å². The van der Waals surface area contributed by atoms with Crippen molar-refractivity contribution in [1.29, 1.82) is 0 Å². The van der Waals surface area contributed by atoms with E-state index in [0.29, 0.717) is 52.3 Å². The van der Waals surface area contributed by atoms with Gasteiger partial charge in [-0.2, -0.15) is 0 Å². The third kappa shape index (κ3) is 11.4. The van der Waals surface area contributed by atoms with E-state index in [1.807, 2.05) is 34.6 Å². The van der Waals surface area contributed by atoms with Crippen LogP contribution >= 0.6 is 23.2 Å². The summed E-state index contributed by atoms with van der Waals surface area (Å²) in [7, 11) is -0.929. The molecule has 2 unspecified atom stereocenters. The molecule has 9 rings (SSSR count). The number of halogens is 4. The van der Waals surface area contributed by atoms with E-state index in [4.69, 9.17) is 32.7 Å². The van der Waals surface area contributed by atoms with Crippen molar-refractivity contribution >= 4 is 66.9 Å². The summed E-state index contributed by atoms with van der Waals surface area (Å²) >= 11 is 12.2. The van der Waals surface area contributed by atoms with Crippen molar-refractivity contribution in [2.75, 3.05) is 24.9 Å². The molecule has 6 aromatic heterocycles. The summed E-state index contributed by atoms with van der Waals surface area (Å²) in [4.78, 5) is 28.5. The lowest BCUT2D eigenvalue weighted by Gasteiger charge is -2.34. The predicted molar refractivity (Wildman–Crippen MR) is 260 cm³/mol. The van der Waals surface area contributed by atoms with Crippen LogP contribution in [0.2, 0.25) is 10.0 Å². The predicted octanol–water partition coefficient (Wildman–Crippen LogP) is 9.38. The van der Waals surface area contributed by atoms with Crippen LogP contribution in [-0.4, -0.2) is 108 Å². The van der Waals surface area contributed by atoms with Crippen molar-refractivity contribution in [3.8, 4) is 22.8 Å². The fraction of sp³-hybridized carbons (Fsp3) is 0.404. The maximum absolute atomic E-state index is 14.7. The zero-order chi connectivity index (χ0) is 49.3. The van der Waals surface area contributed by atoms with Gasteiger partial charge >= 0.3 is 0 Å². The number of pyridine rings is 2. The van der Waals surface area contributed by atoms with Crippen LogP contribution in [0, 0.1) is 18.6 Å². The van der Waals surface area contributed by atoms with Gasteiger partial charge in [-0.3, -0.25) is 0 Å². The number of H-pyrrole nitrogens is 1. The lowest BCUT2D eigenvalue weighted by molar-refractivity contribution is -0.0421. The van der Waals surface area contributed by atoms with E-state index >= 15 is 0 Å². The Hall–Kier alpha value is -5.41. The Morgan fingerprint density at radius 1 is 0.721 bits per heavy atom. The van der Waals surface area contributed by atoms with Gasteiger partial charge in [-0.25, -0.2) is 51.1 Å². The third-order valence-electron chi connectivity index (χ3n) is 11.5. The van der Waals surface area contributed by atoms with Crippen LogP contribution in [0.4, 0.5) is 20.4 Å². The SMILES string of the molecule is CC.CC.CO[C@@H]1CCCC(Nc2nc(-c3c[nH]c4ncc(Cl)cc34)ncc2F)[C@H]1O.CO[C@@H]1CCCC(Nc2nc(-c3cn(S(=O)(=O)c4ccc(C)cc4)c4ncc(Cl)cc34)ncc2F)[C@H]1O. The summed E-state index contributed by atoms with van der Waals surface area (Å²) < 4.78 is 67.7. The molecule has 16 nitrogen and oxygen atoms in total. The molecule has 0 radical (unpaired) electrons. The molecule has 6 heterocycles. The molecule has 0 saturated heterocycles. The van der Waals surface area contributed by atoms with Crippen molar-refractivity contribution in [1.82, 2.24) is 38.9 Å². The molecule has 68 heavy (non-hydrogen) atoms. The van der Waals surface area contributed by atoms with Crippen molar-refractivity contribution in [3.05, 3.63) is 101 Å². The zero-order valence-electron chi connectivity index (χ0n) is 38.7. The molecule has 0 bridgehead atoms. The molecule has 364 valence electrons. The van der Waals surface area contributed by atoms with E-state index in [0.717, 1.165) is 46.6 Å². The number of aryl methyl sites for hydroxylation is 1. The number of methoxy groups -OCH3 is 2. The van der Waals surface area contributed by atoms with Crippen molar-refractivity contribution in [2.45, 2.75) is 115 Å². The summed E-state index contributed by atoms with van der Waals surface area (Å²) in [5.41, 5.74) is 2.67. The second kappa shape index (κ2) is 23.3. The number of aliphatic hydroxyl groups excluding tert-OH is 2. The number of benzene rings is 1. The highest BCUT2D eigenvalue weighted by molar-refractivity contribution is 7.90. The highest BCUT2D eigenvalue weighted by atomic mass is 35.5. The first-order valence-corrected chi connectivity index (χ1v) is 24.6. The van der Waals surface area contributed by atoms with E-state index in [1.165, 1.54) is 31.6 Å².